The first-order chi connectivity index (χ1) is 36.0. The van der Waals surface area contributed by atoms with E-state index in [1.807, 2.05) is 0 Å². The number of unbranched alkanes of at least 4 members (excludes halogenated alkanes) is 13. The van der Waals surface area contributed by atoms with Crippen LogP contribution in [0.1, 0.15) is 226 Å². The summed E-state index contributed by atoms with van der Waals surface area (Å²) in [4.78, 5) is 38.1. The highest BCUT2D eigenvalue weighted by Gasteiger charge is 2.19. The molecular weight excluding hydrogens is 901 g/mol. The average Bonchev–Trinajstić information content (AvgIpc) is 3.39. The minimum absolute atomic E-state index is 0.120. The number of carbonyl (C=O) groups excluding carboxylic acids is 3. The summed E-state index contributed by atoms with van der Waals surface area (Å²) in [5.41, 5.74) is 0. The van der Waals surface area contributed by atoms with Gasteiger partial charge in [-0.15, -0.1) is 0 Å². The second-order valence-electron chi connectivity index (χ2n) is 18.4. The van der Waals surface area contributed by atoms with Crippen LogP contribution in [0.15, 0.2) is 158 Å². The average molecular weight is 1010 g/mol. The van der Waals surface area contributed by atoms with Crippen LogP contribution in [-0.2, 0) is 28.6 Å². The van der Waals surface area contributed by atoms with Gasteiger partial charge in [0.15, 0.2) is 6.10 Å². The minimum atomic E-state index is -0.824. The fraction of sp³-hybridized carbons (Fsp3) is 0.567. The van der Waals surface area contributed by atoms with Crippen LogP contribution in [0, 0.1) is 0 Å². The summed E-state index contributed by atoms with van der Waals surface area (Å²) in [5, 5.41) is 0. The SMILES string of the molecule is CC/C=C\C/C=C\C/C=C\C/C=C\C/C=C\C/C=C\C/C=C\C/C=C\CCCCC(=O)OCC(COC(=O)CCCCC/C=C\C/C=C\C/C=C\CC)OC(=O)CCCCCCC/C=C\C/C=C\CCCCC. The zero-order valence-corrected chi connectivity index (χ0v) is 46.6. The van der Waals surface area contributed by atoms with Gasteiger partial charge in [0.1, 0.15) is 13.2 Å². The van der Waals surface area contributed by atoms with E-state index in [0.717, 1.165) is 154 Å². The molecule has 0 aromatic rings. The van der Waals surface area contributed by atoms with Crippen molar-refractivity contribution in [2.24, 2.45) is 0 Å². The summed E-state index contributed by atoms with van der Waals surface area (Å²) in [6, 6.07) is 0. The summed E-state index contributed by atoms with van der Waals surface area (Å²) in [6.07, 6.45) is 86.7. The second-order valence-corrected chi connectivity index (χ2v) is 18.4. The van der Waals surface area contributed by atoms with E-state index in [1.54, 1.807) is 0 Å². The highest BCUT2D eigenvalue weighted by Crippen LogP contribution is 2.12. The Morgan fingerprint density at radius 2 is 0.534 bits per heavy atom. The molecule has 0 spiro atoms. The molecule has 0 amide bonds. The fourth-order valence-corrected chi connectivity index (χ4v) is 7.21. The van der Waals surface area contributed by atoms with Crippen molar-refractivity contribution in [3.63, 3.8) is 0 Å². The maximum Gasteiger partial charge on any atom is 0.306 e. The van der Waals surface area contributed by atoms with Crippen LogP contribution in [0.2, 0.25) is 0 Å². The van der Waals surface area contributed by atoms with Crippen LogP contribution >= 0.6 is 0 Å². The van der Waals surface area contributed by atoms with Gasteiger partial charge < -0.3 is 14.2 Å². The third kappa shape index (κ3) is 57.8. The molecule has 6 heteroatoms. The zero-order valence-electron chi connectivity index (χ0n) is 46.6. The monoisotopic (exact) mass is 1000 g/mol. The van der Waals surface area contributed by atoms with Gasteiger partial charge in [0.2, 0.25) is 0 Å². The number of rotatable bonds is 50. The van der Waals surface area contributed by atoms with Crippen molar-refractivity contribution in [2.75, 3.05) is 13.2 Å². The first-order valence-corrected chi connectivity index (χ1v) is 29.0. The molecule has 0 saturated heterocycles. The predicted molar refractivity (Wildman–Crippen MR) is 315 cm³/mol. The molecule has 0 aliphatic rings. The van der Waals surface area contributed by atoms with Crippen LogP contribution < -0.4 is 0 Å². The van der Waals surface area contributed by atoms with E-state index in [4.69, 9.17) is 14.2 Å². The van der Waals surface area contributed by atoms with Gasteiger partial charge in [-0.3, -0.25) is 14.4 Å². The van der Waals surface area contributed by atoms with Crippen molar-refractivity contribution in [2.45, 2.75) is 232 Å². The third-order valence-corrected chi connectivity index (χ3v) is 11.5. The Hall–Kier alpha value is -4.97. The van der Waals surface area contributed by atoms with Crippen molar-refractivity contribution in [1.29, 1.82) is 0 Å². The molecule has 0 saturated carbocycles. The Kier molecular flexibility index (Phi) is 55.5. The van der Waals surface area contributed by atoms with Crippen LogP contribution in [0.5, 0.6) is 0 Å². The highest BCUT2D eigenvalue weighted by atomic mass is 16.6. The van der Waals surface area contributed by atoms with E-state index in [0.29, 0.717) is 12.8 Å². The van der Waals surface area contributed by atoms with Crippen LogP contribution in [0.4, 0.5) is 0 Å². The maximum atomic E-state index is 12.8. The van der Waals surface area contributed by atoms with Crippen molar-refractivity contribution in [3.8, 4) is 0 Å². The van der Waals surface area contributed by atoms with Gasteiger partial charge in [-0.05, 0) is 148 Å². The standard InChI is InChI=1S/C67H104O6/c1-4-7-10-13-16-19-22-25-27-28-29-30-31-32-33-34-35-36-37-38-40-42-45-48-51-54-57-60-66(69)72-63-64(62-71-65(68)59-56-53-50-47-44-41-24-21-18-15-12-9-6-3)73-67(70)61-58-55-52-49-46-43-39-26-23-20-17-14-11-8-5-2/h7,9-10,12,16-21,25-27,29-30,32-33,35-36,38-41,44-45,48,64H,4-6,8,11,13-15,22-24,28,31,34,37,42-43,46-47,49-63H2,1-3H3/b10-7-,12-9-,19-16-,20-17-,21-18-,27-25-,30-29-,33-32-,36-35-,39-26-,40-38-,44-41-,48-45-. The molecule has 0 rings (SSSR count). The molecule has 0 bridgehead atoms. The number of hydrogen-bond acceptors (Lipinski definition) is 6. The number of ether oxygens (including phenoxy) is 3. The van der Waals surface area contributed by atoms with Gasteiger partial charge in [-0.1, -0.05) is 217 Å². The smallest absolute Gasteiger partial charge is 0.306 e. The molecular formula is C67H104O6. The van der Waals surface area contributed by atoms with Crippen molar-refractivity contribution in [3.05, 3.63) is 158 Å². The molecule has 0 aliphatic heterocycles. The molecule has 0 heterocycles. The largest absolute Gasteiger partial charge is 0.462 e. The number of carbonyl (C=O) groups is 3. The molecule has 0 radical (unpaired) electrons. The molecule has 0 N–H and O–H groups in total. The topological polar surface area (TPSA) is 78.9 Å². The first kappa shape index (κ1) is 68.0. The summed E-state index contributed by atoms with van der Waals surface area (Å²) < 4.78 is 16.8. The lowest BCUT2D eigenvalue weighted by Gasteiger charge is -2.18. The molecule has 73 heavy (non-hydrogen) atoms. The van der Waals surface area contributed by atoms with Gasteiger partial charge in [0.25, 0.3) is 0 Å². The lowest BCUT2D eigenvalue weighted by atomic mass is 10.1. The molecule has 1 atom stereocenters. The van der Waals surface area contributed by atoms with Gasteiger partial charge in [0.05, 0.1) is 0 Å². The first-order valence-electron chi connectivity index (χ1n) is 29.0. The number of esters is 3. The molecule has 408 valence electrons. The van der Waals surface area contributed by atoms with Gasteiger partial charge in [-0.25, -0.2) is 0 Å². The van der Waals surface area contributed by atoms with Crippen molar-refractivity contribution < 1.29 is 28.6 Å². The Morgan fingerprint density at radius 1 is 0.288 bits per heavy atom. The third-order valence-electron chi connectivity index (χ3n) is 11.5. The van der Waals surface area contributed by atoms with E-state index in [2.05, 4.69) is 179 Å². The maximum absolute atomic E-state index is 12.8. The highest BCUT2D eigenvalue weighted by molar-refractivity contribution is 5.71. The quantitative estimate of drug-likeness (QED) is 0.0261. The molecule has 0 aromatic heterocycles. The van der Waals surface area contributed by atoms with E-state index in [-0.39, 0.29) is 44.0 Å². The molecule has 0 fully saturated rings. The Labute approximate surface area is 448 Å². The van der Waals surface area contributed by atoms with E-state index in [1.165, 1.54) is 25.7 Å². The van der Waals surface area contributed by atoms with Crippen LogP contribution in [0.3, 0.4) is 0 Å². The Morgan fingerprint density at radius 3 is 0.877 bits per heavy atom. The number of hydrogen-bond donors (Lipinski definition) is 0. The lowest BCUT2D eigenvalue weighted by Crippen LogP contribution is -2.30. The number of allylic oxidation sites excluding steroid dienone is 26. The van der Waals surface area contributed by atoms with Crippen LogP contribution in [-0.4, -0.2) is 37.2 Å². The predicted octanol–water partition coefficient (Wildman–Crippen LogP) is 19.8. The van der Waals surface area contributed by atoms with E-state index >= 15 is 0 Å². The summed E-state index contributed by atoms with van der Waals surface area (Å²) in [5.74, 6) is -1.01. The fourth-order valence-electron chi connectivity index (χ4n) is 7.21. The van der Waals surface area contributed by atoms with Gasteiger partial charge in [0, 0.05) is 19.3 Å². The van der Waals surface area contributed by atoms with Crippen molar-refractivity contribution in [1.82, 2.24) is 0 Å². The molecule has 1 unspecified atom stereocenters. The molecule has 0 aromatic carbocycles. The minimum Gasteiger partial charge on any atom is -0.462 e. The van der Waals surface area contributed by atoms with E-state index < -0.39 is 6.10 Å². The summed E-state index contributed by atoms with van der Waals surface area (Å²) in [6.45, 7) is 6.29. The van der Waals surface area contributed by atoms with Crippen LogP contribution in [0.25, 0.3) is 0 Å². The molecule has 6 nitrogen and oxygen atoms in total. The Bertz CT molecular complexity index is 1670. The lowest BCUT2D eigenvalue weighted by molar-refractivity contribution is -0.167. The summed E-state index contributed by atoms with van der Waals surface area (Å²) in [7, 11) is 0. The van der Waals surface area contributed by atoms with Gasteiger partial charge >= 0.3 is 17.9 Å². The van der Waals surface area contributed by atoms with Crippen molar-refractivity contribution >= 4 is 17.9 Å². The normalized spacial score (nSPS) is 13.3. The molecule has 0 aliphatic carbocycles. The van der Waals surface area contributed by atoms with E-state index in [9.17, 15) is 14.4 Å². The summed E-state index contributed by atoms with van der Waals surface area (Å²) >= 11 is 0. The Balaban J connectivity index is 4.49. The zero-order chi connectivity index (χ0) is 52.9. The van der Waals surface area contributed by atoms with Gasteiger partial charge in [-0.2, -0.15) is 0 Å². The second kappa shape index (κ2) is 59.6.